The average Bonchev–Trinajstić information content (AvgIpc) is 3.10. The molecule has 27 heavy (non-hydrogen) atoms. The van der Waals surface area contributed by atoms with E-state index in [2.05, 4.69) is 15.0 Å². The van der Waals surface area contributed by atoms with Gasteiger partial charge in [0.2, 0.25) is 5.91 Å². The maximum absolute atomic E-state index is 12.4. The van der Waals surface area contributed by atoms with Crippen molar-refractivity contribution in [2.45, 2.75) is 19.5 Å². The quantitative estimate of drug-likeness (QED) is 0.786. The molecular formula is C18H19F2N3O3S. The molecule has 0 radical (unpaired) electrons. The molecule has 1 aromatic carbocycles. The minimum atomic E-state index is -2.98. The topological polar surface area (TPSA) is 84.7 Å². The molecule has 144 valence electrons. The van der Waals surface area contributed by atoms with Gasteiger partial charge in [-0.25, -0.2) is 0 Å². The third-order valence-corrected chi connectivity index (χ3v) is 5.33. The molecule has 1 aliphatic heterocycles. The Kier molecular flexibility index (Phi) is 5.90. The van der Waals surface area contributed by atoms with Gasteiger partial charge in [0.1, 0.15) is 10.6 Å². The summed E-state index contributed by atoms with van der Waals surface area (Å²) in [5.41, 5.74) is 6.88. The van der Waals surface area contributed by atoms with Crippen molar-refractivity contribution in [3.8, 4) is 5.75 Å². The van der Waals surface area contributed by atoms with Crippen molar-refractivity contribution in [3.63, 3.8) is 0 Å². The average molecular weight is 395 g/mol. The van der Waals surface area contributed by atoms with Gasteiger partial charge in [-0.2, -0.15) is 8.78 Å². The van der Waals surface area contributed by atoms with Crippen molar-refractivity contribution in [1.82, 2.24) is 0 Å². The smallest absolute Gasteiger partial charge is 0.387 e. The number of halogens is 2. The zero-order valence-electron chi connectivity index (χ0n) is 14.4. The number of hydrogen-bond donors (Lipinski definition) is 2. The van der Waals surface area contributed by atoms with Crippen molar-refractivity contribution in [3.05, 3.63) is 40.6 Å². The van der Waals surface area contributed by atoms with E-state index in [4.69, 9.17) is 5.73 Å². The van der Waals surface area contributed by atoms with Gasteiger partial charge in [0.25, 0.3) is 5.91 Å². The van der Waals surface area contributed by atoms with Crippen LogP contribution in [0.25, 0.3) is 0 Å². The number of carbonyl (C=O) groups excluding carboxylic acids is 2. The van der Waals surface area contributed by atoms with E-state index in [1.54, 1.807) is 12.1 Å². The highest BCUT2D eigenvalue weighted by molar-refractivity contribution is 7.12. The summed E-state index contributed by atoms with van der Waals surface area (Å²) < 4.78 is 29.1. The Hall–Kier alpha value is -2.68. The zero-order chi connectivity index (χ0) is 19.4. The number of piperidine rings is 1. The number of anilines is 2. The fourth-order valence-electron chi connectivity index (χ4n) is 3.02. The van der Waals surface area contributed by atoms with Crippen LogP contribution < -0.4 is 20.7 Å². The lowest BCUT2D eigenvalue weighted by Crippen LogP contribution is -2.38. The number of alkyl halides is 2. The molecule has 3 rings (SSSR count). The predicted molar refractivity (Wildman–Crippen MR) is 99.5 cm³/mol. The van der Waals surface area contributed by atoms with E-state index in [1.807, 2.05) is 12.1 Å². The number of benzene rings is 1. The van der Waals surface area contributed by atoms with Gasteiger partial charge in [-0.3, -0.25) is 9.59 Å². The summed E-state index contributed by atoms with van der Waals surface area (Å²) in [6.45, 7) is -1.50. The minimum absolute atomic E-state index is 0.0738. The van der Waals surface area contributed by atoms with Gasteiger partial charge in [-0.15, -0.1) is 11.3 Å². The number of ether oxygens (including phenoxy) is 1. The molecule has 0 unspecified atom stereocenters. The van der Waals surface area contributed by atoms with Crippen LogP contribution in [0.1, 0.15) is 22.5 Å². The molecule has 1 saturated heterocycles. The number of rotatable bonds is 6. The van der Waals surface area contributed by atoms with Gasteiger partial charge in [0.15, 0.2) is 0 Å². The molecule has 1 aliphatic rings. The van der Waals surface area contributed by atoms with Crippen molar-refractivity contribution in [1.29, 1.82) is 0 Å². The van der Waals surface area contributed by atoms with Gasteiger partial charge in [-0.1, -0.05) is 0 Å². The van der Waals surface area contributed by atoms with E-state index < -0.39 is 12.5 Å². The Morgan fingerprint density at radius 3 is 2.44 bits per heavy atom. The number of primary amides is 1. The molecule has 0 aliphatic carbocycles. The number of amides is 2. The third-order valence-electron chi connectivity index (χ3n) is 4.44. The highest BCUT2D eigenvalue weighted by Gasteiger charge is 2.23. The summed E-state index contributed by atoms with van der Waals surface area (Å²) in [6, 6.07) is 8.56. The fraction of sp³-hybridized carbons (Fsp3) is 0.333. The molecular weight excluding hydrogens is 376 g/mol. The molecule has 1 aromatic heterocycles. The molecule has 1 fully saturated rings. The SMILES string of the molecule is NC(=O)C1CCN(c2ccc(NC(=O)c3sccc3OC(F)F)cc2)CC1. The number of carbonyl (C=O) groups is 2. The summed E-state index contributed by atoms with van der Waals surface area (Å²) in [4.78, 5) is 25.8. The van der Waals surface area contributed by atoms with Crippen LogP contribution >= 0.6 is 11.3 Å². The summed E-state index contributed by atoms with van der Waals surface area (Å²) >= 11 is 1.03. The lowest BCUT2D eigenvalue weighted by Gasteiger charge is -2.32. The second-order valence-corrected chi connectivity index (χ2v) is 7.07. The van der Waals surface area contributed by atoms with Crippen LogP contribution in [0.15, 0.2) is 35.7 Å². The van der Waals surface area contributed by atoms with E-state index in [-0.39, 0.29) is 22.5 Å². The number of hydrogen-bond acceptors (Lipinski definition) is 5. The van der Waals surface area contributed by atoms with Crippen molar-refractivity contribution >= 4 is 34.5 Å². The van der Waals surface area contributed by atoms with Crippen LogP contribution in [0.3, 0.4) is 0 Å². The molecule has 9 heteroatoms. The lowest BCUT2D eigenvalue weighted by molar-refractivity contribution is -0.122. The van der Waals surface area contributed by atoms with Crippen LogP contribution in [-0.2, 0) is 4.79 Å². The molecule has 0 spiro atoms. The number of nitrogens with two attached hydrogens (primary N) is 1. The van der Waals surface area contributed by atoms with Crippen molar-refractivity contribution < 1.29 is 23.1 Å². The molecule has 2 amide bonds. The van der Waals surface area contributed by atoms with Gasteiger partial charge in [0.05, 0.1) is 0 Å². The number of nitrogens with one attached hydrogen (secondary N) is 1. The van der Waals surface area contributed by atoms with E-state index in [0.29, 0.717) is 5.69 Å². The van der Waals surface area contributed by atoms with Crippen LogP contribution in [0, 0.1) is 5.92 Å². The summed E-state index contributed by atoms with van der Waals surface area (Å²) in [5, 5.41) is 4.20. The van der Waals surface area contributed by atoms with Crippen LogP contribution in [-0.4, -0.2) is 31.5 Å². The van der Waals surface area contributed by atoms with E-state index in [0.717, 1.165) is 43.0 Å². The van der Waals surface area contributed by atoms with E-state index in [1.165, 1.54) is 11.4 Å². The third kappa shape index (κ3) is 4.73. The Balaban J connectivity index is 1.60. The molecule has 2 heterocycles. The molecule has 0 bridgehead atoms. The van der Waals surface area contributed by atoms with Gasteiger partial charge >= 0.3 is 6.61 Å². The monoisotopic (exact) mass is 395 g/mol. The first-order chi connectivity index (χ1) is 12.9. The molecule has 0 atom stereocenters. The fourth-order valence-corrected chi connectivity index (χ4v) is 3.74. The van der Waals surface area contributed by atoms with E-state index >= 15 is 0 Å². The molecule has 6 nitrogen and oxygen atoms in total. The van der Waals surface area contributed by atoms with Crippen LogP contribution in [0.4, 0.5) is 20.2 Å². The largest absolute Gasteiger partial charge is 0.433 e. The normalized spacial score (nSPS) is 15.0. The molecule has 2 aromatic rings. The highest BCUT2D eigenvalue weighted by atomic mass is 32.1. The Bertz CT molecular complexity index is 802. The van der Waals surface area contributed by atoms with Crippen molar-refractivity contribution in [2.75, 3.05) is 23.3 Å². The Morgan fingerprint density at radius 2 is 1.85 bits per heavy atom. The maximum Gasteiger partial charge on any atom is 0.387 e. The Morgan fingerprint density at radius 1 is 1.19 bits per heavy atom. The zero-order valence-corrected chi connectivity index (χ0v) is 15.2. The van der Waals surface area contributed by atoms with Gasteiger partial charge in [-0.05, 0) is 48.6 Å². The molecule has 3 N–H and O–H groups in total. The summed E-state index contributed by atoms with van der Waals surface area (Å²) in [7, 11) is 0. The van der Waals surface area contributed by atoms with Gasteiger partial charge in [0, 0.05) is 30.4 Å². The number of nitrogens with zero attached hydrogens (tertiary/aromatic N) is 1. The summed E-state index contributed by atoms with van der Waals surface area (Å²) in [6.07, 6.45) is 1.44. The molecule has 0 saturated carbocycles. The summed E-state index contributed by atoms with van der Waals surface area (Å²) in [5.74, 6) is -0.969. The first-order valence-electron chi connectivity index (χ1n) is 8.42. The van der Waals surface area contributed by atoms with Crippen LogP contribution in [0.5, 0.6) is 5.75 Å². The van der Waals surface area contributed by atoms with Crippen LogP contribution in [0.2, 0.25) is 0 Å². The van der Waals surface area contributed by atoms with E-state index in [9.17, 15) is 18.4 Å². The Labute approximate surface area is 158 Å². The second kappa shape index (κ2) is 8.34. The first kappa shape index (κ1) is 19.1. The predicted octanol–water partition coefficient (Wildman–Crippen LogP) is 3.30. The van der Waals surface area contributed by atoms with Gasteiger partial charge < -0.3 is 20.7 Å². The second-order valence-electron chi connectivity index (χ2n) is 6.16. The van der Waals surface area contributed by atoms with Crippen molar-refractivity contribution in [2.24, 2.45) is 11.7 Å². The maximum atomic E-state index is 12.4. The standard InChI is InChI=1S/C18H19F2N3O3S/c19-18(20)26-14-7-10-27-15(14)17(25)22-12-1-3-13(4-2-12)23-8-5-11(6-9-23)16(21)24/h1-4,7,10-11,18H,5-6,8-9H2,(H2,21,24)(H,22,25). The lowest BCUT2D eigenvalue weighted by atomic mass is 9.96. The number of thiophene rings is 1. The minimum Gasteiger partial charge on any atom is -0.433 e. The highest BCUT2D eigenvalue weighted by Crippen LogP contribution is 2.28. The first-order valence-corrected chi connectivity index (χ1v) is 9.30.